The van der Waals surface area contributed by atoms with Crippen molar-refractivity contribution in [1.29, 1.82) is 0 Å². The summed E-state index contributed by atoms with van der Waals surface area (Å²) in [6.45, 7) is 2.62. The van der Waals surface area contributed by atoms with Crippen LogP contribution in [-0.4, -0.2) is 25.2 Å². The van der Waals surface area contributed by atoms with Crippen LogP contribution in [0.15, 0.2) is 18.2 Å². The molecule has 1 aromatic carbocycles. The number of nitrogens with one attached hydrogen (secondary N) is 2. The second-order valence-electron chi connectivity index (χ2n) is 4.90. The summed E-state index contributed by atoms with van der Waals surface area (Å²) >= 11 is 0. The number of carbonyl (C=O) groups is 1. The first-order valence-electron chi connectivity index (χ1n) is 6.58. The van der Waals surface area contributed by atoms with Crippen LogP contribution >= 0.6 is 0 Å². The molecule has 1 fully saturated rings. The van der Waals surface area contributed by atoms with Crippen LogP contribution in [0.25, 0.3) is 0 Å². The Bertz CT molecular complexity index is 453. The highest BCUT2D eigenvalue weighted by atomic mass is 16.5. The maximum absolute atomic E-state index is 11.9. The first kappa shape index (κ1) is 11.7. The minimum absolute atomic E-state index is 0.0174. The summed E-state index contributed by atoms with van der Waals surface area (Å²) in [5, 5.41) is 6.28. The first-order chi connectivity index (χ1) is 8.83. The molecule has 2 aliphatic heterocycles. The SMILES string of the molecule is O=C(Nc1ccc2c(c1)CNCC2)[C@H]1CCCO1. The molecule has 0 aliphatic carbocycles. The number of hydrogen-bond acceptors (Lipinski definition) is 3. The zero-order valence-corrected chi connectivity index (χ0v) is 10.4. The Morgan fingerprint density at radius 1 is 1.39 bits per heavy atom. The Hall–Kier alpha value is -1.39. The van der Waals surface area contributed by atoms with Crippen molar-refractivity contribution in [2.24, 2.45) is 0 Å². The maximum atomic E-state index is 11.9. The number of fused-ring (bicyclic) bond motifs is 1. The van der Waals surface area contributed by atoms with Crippen molar-refractivity contribution < 1.29 is 9.53 Å². The molecule has 4 nitrogen and oxygen atoms in total. The molecule has 18 heavy (non-hydrogen) atoms. The lowest BCUT2D eigenvalue weighted by Gasteiger charge is -2.18. The molecular weight excluding hydrogens is 228 g/mol. The lowest BCUT2D eigenvalue weighted by atomic mass is 10.0. The molecule has 0 saturated carbocycles. The van der Waals surface area contributed by atoms with Crippen LogP contribution in [-0.2, 0) is 22.5 Å². The standard InChI is InChI=1S/C14H18N2O2/c17-14(13-2-1-7-18-13)16-12-4-3-10-5-6-15-9-11(10)8-12/h3-4,8,13,15H,1-2,5-7,9H2,(H,16,17)/t13-/m1/s1. The first-order valence-corrected chi connectivity index (χ1v) is 6.58. The van der Waals surface area contributed by atoms with Gasteiger partial charge in [-0.05, 0) is 49.1 Å². The van der Waals surface area contributed by atoms with E-state index in [1.165, 1.54) is 11.1 Å². The van der Waals surface area contributed by atoms with Crippen LogP contribution in [0, 0.1) is 0 Å². The van der Waals surface area contributed by atoms with Crippen molar-refractivity contribution in [3.05, 3.63) is 29.3 Å². The summed E-state index contributed by atoms with van der Waals surface area (Å²) in [5.74, 6) is -0.0174. The Labute approximate surface area is 107 Å². The fourth-order valence-electron chi connectivity index (χ4n) is 2.57. The van der Waals surface area contributed by atoms with Gasteiger partial charge in [-0.3, -0.25) is 4.79 Å². The molecule has 2 N–H and O–H groups in total. The van der Waals surface area contributed by atoms with Crippen LogP contribution in [0.1, 0.15) is 24.0 Å². The minimum Gasteiger partial charge on any atom is -0.368 e. The highest BCUT2D eigenvalue weighted by molar-refractivity contribution is 5.94. The zero-order valence-electron chi connectivity index (χ0n) is 10.4. The summed E-state index contributed by atoms with van der Waals surface area (Å²) in [4.78, 5) is 11.9. The number of anilines is 1. The van der Waals surface area contributed by atoms with E-state index in [0.717, 1.165) is 38.0 Å². The number of rotatable bonds is 2. The van der Waals surface area contributed by atoms with Gasteiger partial charge in [0.2, 0.25) is 0 Å². The Kier molecular flexibility index (Phi) is 3.30. The number of hydrogen-bond donors (Lipinski definition) is 2. The number of ether oxygens (including phenoxy) is 1. The normalized spacial score (nSPS) is 22.6. The van der Waals surface area contributed by atoms with E-state index in [1.807, 2.05) is 6.07 Å². The molecule has 0 spiro atoms. The van der Waals surface area contributed by atoms with E-state index in [2.05, 4.69) is 22.8 Å². The molecule has 1 amide bonds. The van der Waals surface area contributed by atoms with Crippen molar-refractivity contribution in [1.82, 2.24) is 5.32 Å². The van der Waals surface area contributed by atoms with Gasteiger partial charge in [0.15, 0.2) is 0 Å². The van der Waals surface area contributed by atoms with Gasteiger partial charge in [0.1, 0.15) is 6.10 Å². The number of amides is 1. The van der Waals surface area contributed by atoms with Gasteiger partial charge in [-0.1, -0.05) is 6.07 Å². The van der Waals surface area contributed by atoms with Crippen LogP contribution in [0.3, 0.4) is 0 Å². The monoisotopic (exact) mass is 246 g/mol. The van der Waals surface area contributed by atoms with Crippen molar-refractivity contribution in [2.45, 2.75) is 31.9 Å². The van der Waals surface area contributed by atoms with Gasteiger partial charge in [0, 0.05) is 18.8 Å². The van der Waals surface area contributed by atoms with Gasteiger partial charge in [-0.2, -0.15) is 0 Å². The van der Waals surface area contributed by atoms with Crippen LogP contribution in [0.2, 0.25) is 0 Å². The molecule has 0 aromatic heterocycles. The fraction of sp³-hybridized carbons (Fsp3) is 0.500. The molecule has 1 aromatic rings. The van der Waals surface area contributed by atoms with E-state index < -0.39 is 0 Å². The Balaban J connectivity index is 1.70. The largest absolute Gasteiger partial charge is 0.368 e. The quantitative estimate of drug-likeness (QED) is 0.830. The average Bonchev–Trinajstić information content (AvgIpc) is 2.92. The molecule has 4 heteroatoms. The second-order valence-corrected chi connectivity index (χ2v) is 4.90. The predicted molar refractivity (Wildman–Crippen MR) is 69.5 cm³/mol. The van der Waals surface area contributed by atoms with Gasteiger partial charge >= 0.3 is 0 Å². The van der Waals surface area contributed by atoms with Gasteiger partial charge in [-0.15, -0.1) is 0 Å². The molecule has 2 heterocycles. The molecule has 0 unspecified atom stereocenters. The summed E-state index contributed by atoms with van der Waals surface area (Å²) in [7, 11) is 0. The Morgan fingerprint density at radius 3 is 3.17 bits per heavy atom. The molecule has 3 rings (SSSR count). The zero-order chi connectivity index (χ0) is 12.4. The summed E-state index contributed by atoms with van der Waals surface area (Å²) in [5.41, 5.74) is 3.54. The van der Waals surface area contributed by atoms with Crippen LogP contribution in [0.5, 0.6) is 0 Å². The van der Waals surface area contributed by atoms with Gasteiger partial charge in [0.05, 0.1) is 0 Å². The average molecular weight is 246 g/mol. The summed E-state index contributed by atoms with van der Waals surface area (Å²) in [6.07, 6.45) is 2.61. The van der Waals surface area contributed by atoms with Crippen molar-refractivity contribution in [3.63, 3.8) is 0 Å². The number of benzene rings is 1. The third kappa shape index (κ3) is 2.40. The van der Waals surface area contributed by atoms with Gasteiger partial charge in [0.25, 0.3) is 5.91 Å². The molecule has 1 atom stereocenters. The molecule has 96 valence electrons. The van der Waals surface area contributed by atoms with E-state index >= 15 is 0 Å². The predicted octanol–water partition coefficient (Wildman–Crippen LogP) is 1.45. The highest BCUT2D eigenvalue weighted by Gasteiger charge is 2.23. The van der Waals surface area contributed by atoms with Crippen molar-refractivity contribution in [2.75, 3.05) is 18.5 Å². The lowest BCUT2D eigenvalue weighted by Crippen LogP contribution is -2.27. The van der Waals surface area contributed by atoms with Crippen LogP contribution in [0.4, 0.5) is 5.69 Å². The van der Waals surface area contributed by atoms with Crippen LogP contribution < -0.4 is 10.6 Å². The molecule has 0 bridgehead atoms. The van der Waals surface area contributed by atoms with Gasteiger partial charge in [-0.25, -0.2) is 0 Å². The topological polar surface area (TPSA) is 50.4 Å². The number of carbonyl (C=O) groups excluding carboxylic acids is 1. The molecule has 2 aliphatic rings. The minimum atomic E-state index is -0.265. The van der Waals surface area contributed by atoms with Gasteiger partial charge < -0.3 is 15.4 Å². The smallest absolute Gasteiger partial charge is 0.253 e. The molecule has 0 radical (unpaired) electrons. The van der Waals surface area contributed by atoms with E-state index in [1.54, 1.807) is 0 Å². The summed E-state index contributed by atoms with van der Waals surface area (Å²) in [6, 6.07) is 6.16. The van der Waals surface area contributed by atoms with E-state index in [9.17, 15) is 4.79 Å². The van der Waals surface area contributed by atoms with E-state index in [0.29, 0.717) is 6.61 Å². The van der Waals surface area contributed by atoms with Crippen molar-refractivity contribution in [3.8, 4) is 0 Å². The lowest BCUT2D eigenvalue weighted by molar-refractivity contribution is -0.124. The maximum Gasteiger partial charge on any atom is 0.253 e. The summed E-state index contributed by atoms with van der Waals surface area (Å²) < 4.78 is 5.38. The third-order valence-electron chi connectivity index (χ3n) is 3.58. The Morgan fingerprint density at radius 2 is 2.33 bits per heavy atom. The second kappa shape index (κ2) is 5.08. The molecular formula is C14H18N2O2. The van der Waals surface area contributed by atoms with E-state index in [-0.39, 0.29) is 12.0 Å². The highest BCUT2D eigenvalue weighted by Crippen LogP contribution is 2.20. The molecule has 1 saturated heterocycles. The van der Waals surface area contributed by atoms with Crippen molar-refractivity contribution >= 4 is 11.6 Å². The fourth-order valence-corrected chi connectivity index (χ4v) is 2.57. The van der Waals surface area contributed by atoms with E-state index in [4.69, 9.17) is 4.74 Å². The third-order valence-corrected chi connectivity index (χ3v) is 3.58.